The fourth-order valence-electron chi connectivity index (χ4n) is 3.33. The minimum absolute atomic E-state index is 0.189. The van der Waals surface area contributed by atoms with Gasteiger partial charge in [-0.3, -0.25) is 4.79 Å². The number of likely N-dealkylation sites (tertiary alicyclic amines) is 1. The number of hydrogen-bond donors (Lipinski definition) is 0. The van der Waals surface area contributed by atoms with Crippen molar-refractivity contribution in [2.75, 3.05) is 26.2 Å². The van der Waals surface area contributed by atoms with Gasteiger partial charge in [0.05, 0.1) is 15.5 Å². The maximum absolute atomic E-state index is 13.0. The number of hydrogen-bond acceptors (Lipinski definition) is 3. The Morgan fingerprint density at radius 2 is 2.00 bits per heavy atom. The maximum atomic E-state index is 13.0. The van der Waals surface area contributed by atoms with E-state index in [0.29, 0.717) is 17.9 Å². The van der Waals surface area contributed by atoms with E-state index >= 15 is 0 Å². The van der Waals surface area contributed by atoms with E-state index in [2.05, 4.69) is 43.7 Å². The van der Waals surface area contributed by atoms with Gasteiger partial charge in [0.25, 0.3) is 0 Å². The molecule has 5 heteroatoms. The minimum Gasteiger partial charge on any atom is -0.491 e. The van der Waals surface area contributed by atoms with Crippen LogP contribution < -0.4 is 4.74 Å². The molecule has 1 aromatic rings. The van der Waals surface area contributed by atoms with Crippen LogP contribution in [-0.4, -0.2) is 36.9 Å². The first-order valence-electron chi connectivity index (χ1n) is 7.78. The molecule has 0 amide bonds. The van der Waals surface area contributed by atoms with Gasteiger partial charge in [0.2, 0.25) is 0 Å². The number of rotatable bonds is 2. The molecule has 0 saturated carbocycles. The number of ketones is 1. The molecule has 0 bridgehead atoms. The first kappa shape index (κ1) is 16.5. The van der Waals surface area contributed by atoms with Gasteiger partial charge in [-0.05, 0) is 66.8 Å². The first-order chi connectivity index (χ1) is 10.4. The summed E-state index contributed by atoms with van der Waals surface area (Å²) in [7, 11) is 0. The lowest BCUT2D eigenvalue weighted by Crippen LogP contribution is -2.49. The fourth-order valence-corrected chi connectivity index (χ4v) is 4.67. The van der Waals surface area contributed by atoms with E-state index in [9.17, 15) is 4.79 Å². The number of piperidine rings is 1. The molecule has 1 aromatic carbocycles. The van der Waals surface area contributed by atoms with Crippen molar-refractivity contribution in [1.82, 2.24) is 4.90 Å². The Kier molecular flexibility index (Phi) is 4.68. The van der Waals surface area contributed by atoms with Crippen molar-refractivity contribution in [3.05, 3.63) is 26.6 Å². The molecule has 0 spiro atoms. The molecule has 2 heterocycles. The van der Waals surface area contributed by atoms with Crippen molar-refractivity contribution < 1.29 is 9.53 Å². The van der Waals surface area contributed by atoms with E-state index in [1.807, 2.05) is 19.1 Å². The van der Waals surface area contributed by atoms with Gasteiger partial charge in [-0.15, -0.1) is 0 Å². The lowest BCUT2D eigenvalue weighted by atomic mass is 9.80. The van der Waals surface area contributed by atoms with Gasteiger partial charge in [0.15, 0.2) is 5.78 Å². The lowest BCUT2D eigenvalue weighted by Gasteiger charge is -2.40. The van der Waals surface area contributed by atoms with Crippen LogP contribution >= 0.6 is 31.9 Å². The highest BCUT2D eigenvalue weighted by atomic mass is 79.9. The highest BCUT2D eigenvalue weighted by Gasteiger charge is 2.42. The molecular weight excluding hydrogens is 410 g/mol. The van der Waals surface area contributed by atoms with Gasteiger partial charge in [-0.1, -0.05) is 22.9 Å². The Balaban J connectivity index is 1.82. The normalized spacial score (nSPS) is 26.6. The number of Topliss-reactive ketones (excluding diaryl/α,β-unsaturated/α-hetero) is 1. The molecule has 3 rings (SSSR count). The van der Waals surface area contributed by atoms with Crippen LogP contribution in [0.1, 0.15) is 37.0 Å². The molecule has 0 aromatic heterocycles. The largest absolute Gasteiger partial charge is 0.491 e. The molecular formula is C17H21Br2NO2. The van der Waals surface area contributed by atoms with Crippen molar-refractivity contribution in [3.8, 4) is 5.75 Å². The van der Waals surface area contributed by atoms with E-state index in [1.165, 1.54) is 12.8 Å². The van der Waals surface area contributed by atoms with Crippen molar-refractivity contribution >= 4 is 37.6 Å². The van der Waals surface area contributed by atoms with Gasteiger partial charge >= 0.3 is 0 Å². The third-order valence-electron chi connectivity index (χ3n) is 4.79. The van der Waals surface area contributed by atoms with Gasteiger partial charge in [-0.2, -0.15) is 0 Å². The molecule has 0 unspecified atom stereocenters. The fraction of sp³-hybridized carbons (Fsp3) is 0.588. The van der Waals surface area contributed by atoms with Crippen LogP contribution in [0.25, 0.3) is 0 Å². The number of halogens is 2. The monoisotopic (exact) mass is 429 g/mol. The number of benzene rings is 1. The molecule has 3 nitrogen and oxygen atoms in total. The molecule has 1 atom stereocenters. The van der Waals surface area contributed by atoms with E-state index in [1.54, 1.807) is 0 Å². The number of carbonyl (C=O) groups excluding carboxylic acids is 1. The number of fused-ring (bicyclic) bond motifs is 1. The maximum Gasteiger partial charge on any atom is 0.177 e. The SMILES string of the molecule is CC1CCN(C[C@]2(C)COc3c(Br)cc(Br)cc3C2=O)CC1. The van der Waals surface area contributed by atoms with E-state index in [4.69, 9.17) is 4.74 Å². The number of carbonyl (C=O) groups is 1. The smallest absolute Gasteiger partial charge is 0.177 e. The van der Waals surface area contributed by atoms with Crippen LogP contribution in [0.2, 0.25) is 0 Å². The molecule has 1 saturated heterocycles. The minimum atomic E-state index is -0.464. The Bertz CT molecular complexity index is 597. The van der Waals surface area contributed by atoms with E-state index in [-0.39, 0.29) is 5.78 Å². The summed E-state index contributed by atoms with van der Waals surface area (Å²) in [5.41, 5.74) is 0.216. The summed E-state index contributed by atoms with van der Waals surface area (Å²) in [6, 6.07) is 3.79. The van der Waals surface area contributed by atoms with Gasteiger partial charge in [0, 0.05) is 11.0 Å². The predicted molar refractivity (Wildman–Crippen MR) is 94.6 cm³/mol. The molecule has 2 aliphatic heterocycles. The zero-order valence-corrected chi connectivity index (χ0v) is 16.2. The second-order valence-corrected chi connectivity index (χ2v) is 8.67. The third-order valence-corrected chi connectivity index (χ3v) is 5.83. The summed E-state index contributed by atoms with van der Waals surface area (Å²) in [5, 5.41) is 0. The Morgan fingerprint density at radius 1 is 1.32 bits per heavy atom. The summed E-state index contributed by atoms with van der Waals surface area (Å²) in [4.78, 5) is 15.4. The molecule has 120 valence electrons. The van der Waals surface area contributed by atoms with Crippen LogP contribution in [0.15, 0.2) is 21.1 Å². The first-order valence-corrected chi connectivity index (χ1v) is 9.37. The quantitative estimate of drug-likeness (QED) is 0.690. The zero-order chi connectivity index (χ0) is 15.9. The third kappa shape index (κ3) is 3.13. The van der Waals surface area contributed by atoms with Crippen LogP contribution in [-0.2, 0) is 0 Å². The second-order valence-electron chi connectivity index (χ2n) is 6.90. The highest BCUT2D eigenvalue weighted by Crippen LogP contribution is 2.41. The Hall–Kier alpha value is -0.390. The van der Waals surface area contributed by atoms with E-state index < -0.39 is 5.41 Å². The average Bonchev–Trinajstić information content (AvgIpc) is 2.46. The van der Waals surface area contributed by atoms with Gasteiger partial charge in [0.1, 0.15) is 12.4 Å². The molecule has 2 aliphatic rings. The molecule has 1 fully saturated rings. The summed E-state index contributed by atoms with van der Waals surface area (Å²) >= 11 is 6.95. The second kappa shape index (κ2) is 6.25. The summed E-state index contributed by atoms with van der Waals surface area (Å²) in [6.45, 7) is 7.73. The van der Waals surface area contributed by atoms with Crippen molar-refractivity contribution in [3.63, 3.8) is 0 Å². The topological polar surface area (TPSA) is 29.5 Å². The highest BCUT2D eigenvalue weighted by molar-refractivity contribution is 9.11. The summed E-state index contributed by atoms with van der Waals surface area (Å²) in [6.07, 6.45) is 2.44. The lowest BCUT2D eigenvalue weighted by molar-refractivity contribution is 0.0469. The average molecular weight is 431 g/mol. The predicted octanol–water partition coefficient (Wildman–Crippen LogP) is 4.52. The molecule has 22 heavy (non-hydrogen) atoms. The molecule has 0 radical (unpaired) electrons. The summed E-state index contributed by atoms with van der Waals surface area (Å²) < 4.78 is 7.67. The number of ether oxygens (including phenoxy) is 1. The Morgan fingerprint density at radius 3 is 2.68 bits per heavy atom. The van der Waals surface area contributed by atoms with E-state index in [0.717, 1.165) is 34.5 Å². The van der Waals surface area contributed by atoms with Crippen LogP contribution in [0.5, 0.6) is 5.75 Å². The van der Waals surface area contributed by atoms with Crippen LogP contribution in [0, 0.1) is 11.3 Å². The van der Waals surface area contributed by atoms with Gasteiger partial charge < -0.3 is 9.64 Å². The van der Waals surface area contributed by atoms with Crippen molar-refractivity contribution in [2.24, 2.45) is 11.3 Å². The van der Waals surface area contributed by atoms with Crippen LogP contribution in [0.4, 0.5) is 0 Å². The Labute approximate surface area is 148 Å². The standard InChI is InChI=1S/C17H21Br2NO2/c1-11-3-5-20(6-4-11)9-17(2)10-22-15-13(16(17)21)7-12(18)8-14(15)19/h7-8,11H,3-6,9-10H2,1-2H3/t17-/m1/s1. The molecule has 0 N–H and O–H groups in total. The van der Waals surface area contributed by atoms with Gasteiger partial charge in [-0.25, -0.2) is 0 Å². The van der Waals surface area contributed by atoms with Crippen LogP contribution in [0.3, 0.4) is 0 Å². The van der Waals surface area contributed by atoms with Crippen molar-refractivity contribution in [2.45, 2.75) is 26.7 Å². The zero-order valence-electron chi connectivity index (χ0n) is 13.0. The molecule has 0 aliphatic carbocycles. The van der Waals surface area contributed by atoms with Crippen molar-refractivity contribution in [1.29, 1.82) is 0 Å². The summed E-state index contributed by atoms with van der Waals surface area (Å²) in [5.74, 6) is 1.67. The number of nitrogens with zero attached hydrogens (tertiary/aromatic N) is 1.